The minimum Gasteiger partial charge on any atom is -0.493 e. The molecule has 1 amide bonds. The summed E-state index contributed by atoms with van der Waals surface area (Å²) in [4.78, 5) is 33.4. The van der Waals surface area contributed by atoms with Gasteiger partial charge >= 0.3 is 11.9 Å². The van der Waals surface area contributed by atoms with Crippen LogP contribution in [0.2, 0.25) is 0 Å². The molecule has 1 aromatic carbocycles. The van der Waals surface area contributed by atoms with Gasteiger partial charge in [0.1, 0.15) is 6.04 Å². The number of hydrogen-bond acceptors (Lipinski definition) is 5. The molecular weight excluding hydrogens is 330 g/mol. The molecular formula is C17H21NO7. The molecule has 1 rings (SSSR count). The van der Waals surface area contributed by atoms with Crippen LogP contribution in [0.25, 0.3) is 6.08 Å². The second-order valence-corrected chi connectivity index (χ2v) is 5.01. The van der Waals surface area contributed by atoms with Crippen molar-refractivity contribution in [3.05, 3.63) is 29.8 Å². The summed E-state index contributed by atoms with van der Waals surface area (Å²) in [5.74, 6) is -1.96. The highest BCUT2D eigenvalue weighted by Gasteiger charge is 2.19. The zero-order valence-electron chi connectivity index (χ0n) is 14.0. The maximum absolute atomic E-state index is 11.8. The fourth-order valence-electron chi connectivity index (χ4n) is 1.98. The summed E-state index contributed by atoms with van der Waals surface area (Å²) < 4.78 is 10.6. The van der Waals surface area contributed by atoms with Crippen molar-refractivity contribution in [3.63, 3.8) is 0 Å². The number of carboxylic acids is 2. The molecule has 0 aliphatic carbocycles. The van der Waals surface area contributed by atoms with Crippen LogP contribution >= 0.6 is 0 Å². The van der Waals surface area contributed by atoms with Gasteiger partial charge in [-0.2, -0.15) is 0 Å². The molecule has 8 heteroatoms. The Morgan fingerprint density at radius 2 is 1.96 bits per heavy atom. The third-order valence-corrected chi connectivity index (χ3v) is 3.18. The van der Waals surface area contributed by atoms with Gasteiger partial charge in [0.15, 0.2) is 11.5 Å². The summed E-state index contributed by atoms with van der Waals surface area (Å²) in [7, 11) is 1.50. The van der Waals surface area contributed by atoms with E-state index in [1.165, 1.54) is 19.3 Å². The quantitative estimate of drug-likeness (QED) is 0.547. The molecule has 1 atom stereocenters. The van der Waals surface area contributed by atoms with E-state index in [4.69, 9.17) is 19.7 Å². The van der Waals surface area contributed by atoms with Crippen LogP contribution in [0.4, 0.5) is 0 Å². The van der Waals surface area contributed by atoms with Gasteiger partial charge in [-0.15, -0.1) is 0 Å². The molecule has 0 radical (unpaired) electrons. The average molecular weight is 351 g/mol. The first-order valence-corrected chi connectivity index (χ1v) is 7.61. The number of ether oxygens (including phenoxy) is 2. The smallest absolute Gasteiger partial charge is 0.326 e. The molecule has 0 spiro atoms. The molecule has 136 valence electrons. The Bertz CT molecular complexity index is 654. The van der Waals surface area contributed by atoms with E-state index in [2.05, 4.69) is 5.32 Å². The summed E-state index contributed by atoms with van der Waals surface area (Å²) in [5.41, 5.74) is 0.660. The van der Waals surface area contributed by atoms with E-state index >= 15 is 0 Å². The van der Waals surface area contributed by atoms with Gasteiger partial charge in [-0.3, -0.25) is 9.59 Å². The Labute approximate surface area is 145 Å². The average Bonchev–Trinajstić information content (AvgIpc) is 2.57. The fourth-order valence-corrected chi connectivity index (χ4v) is 1.98. The third kappa shape index (κ3) is 6.94. The maximum Gasteiger partial charge on any atom is 0.326 e. The van der Waals surface area contributed by atoms with Gasteiger partial charge in [-0.05, 0) is 37.1 Å². The first-order chi connectivity index (χ1) is 11.9. The van der Waals surface area contributed by atoms with Crippen LogP contribution in [0.1, 0.15) is 25.3 Å². The van der Waals surface area contributed by atoms with Gasteiger partial charge < -0.3 is 25.0 Å². The van der Waals surface area contributed by atoms with Crippen LogP contribution in [0.15, 0.2) is 24.3 Å². The first kappa shape index (κ1) is 20.0. The lowest BCUT2D eigenvalue weighted by atomic mass is 10.1. The Morgan fingerprint density at radius 3 is 2.52 bits per heavy atom. The fraction of sp³-hybridized carbons (Fsp3) is 0.353. The van der Waals surface area contributed by atoms with Gasteiger partial charge in [-0.25, -0.2) is 4.79 Å². The lowest BCUT2D eigenvalue weighted by Crippen LogP contribution is -2.40. The zero-order chi connectivity index (χ0) is 18.8. The van der Waals surface area contributed by atoms with Gasteiger partial charge in [0.25, 0.3) is 0 Å². The van der Waals surface area contributed by atoms with Crippen molar-refractivity contribution in [2.45, 2.75) is 25.8 Å². The largest absolute Gasteiger partial charge is 0.493 e. The van der Waals surface area contributed by atoms with E-state index in [9.17, 15) is 14.4 Å². The molecule has 0 aliphatic rings. The number of hydrogen-bond donors (Lipinski definition) is 3. The SMILES string of the molecule is CCOc1ccc(/C=C/C(=O)NC(CCC(=O)O)C(=O)O)cc1OC. The van der Waals surface area contributed by atoms with Gasteiger partial charge in [0.2, 0.25) is 5.91 Å². The van der Waals surface area contributed by atoms with Gasteiger partial charge in [-0.1, -0.05) is 6.07 Å². The molecule has 8 nitrogen and oxygen atoms in total. The van der Waals surface area contributed by atoms with Crippen LogP contribution in [0, 0.1) is 0 Å². The van der Waals surface area contributed by atoms with E-state index < -0.39 is 23.9 Å². The molecule has 0 aromatic heterocycles. The molecule has 1 aromatic rings. The summed E-state index contributed by atoms with van der Waals surface area (Å²) in [5, 5.41) is 19.9. The highest BCUT2D eigenvalue weighted by molar-refractivity contribution is 5.94. The monoisotopic (exact) mass is 351 g/mol. The van der Waals surface area contributed by atoms with Crippen LogP contribution in [-0.4, -0.2) is 47.8 Å². The Kier molecular flexibility index (Phi) is 7.98. The van der Waals surface area contributed by atoms with Crippen molar-refractivity contribution in [1.82, 2.24) is 5.32 Å². The van der Waals surface area contributed by atoms with E-state index in [1.54, 1.807) is 18.2 Å². The minimum absolute atomic E-state index is 0.193. The highest BCUT2D eigenvalue weighted by atomic mass is 16.5. The Morgan fingerprint density at radius 1 is 1.24 bits per heavy atom. The molecule has 0 saturated heterocycles. The van der Waals surface area contributed by atoms with Gasteiger partial charge in [0, 0.05) is 12.5 Å². The zero-order valence-corrected chi connectivity index (χ0v) is 14.0. The lowest BCUT2D eigenvalue weighted by Gasteiger charge is -2.12. The van der Waals surface area contributed by atoms with Crippen molar-refractivity contribution in [3.8, 4) is 11.5 Å². The molecule has 0 aliphatic heterocycles. The van der Waals surface area contributed by atoms with Crippen LogP contribution in [-0.2, 0) is 14.4 Å². The number of amides is 1. The highest BCUT2D eigenvalue weighted by Crippen LogP contribution is 2.28. The van der Waals surface area contributed by atoms with Crippen molar-refractivity contribution < 1.29 is 34.1 Å². The van der Waals surface area contributed by atoms with Crippen molar-refractivity contribution in [2.75, 3.05) is 13.7 Å². The second kappa shape index (κ2) is 9.96. The third-order valence-electron chi connectivity index (χ3n) is 3.18. The normalized spacial score (nSPS) is 11.8. The second-order valence-electron chi connectivity index (χ2n) is 5.01. The molecule has 3 N–H and O–H groups in total. The molecule has 0 bridgehead atoms. The number of benzene rings is 1. The number of carbonyl (C=O) groups excluding carboxylic acids is 1. The number of carboxylic acid groups (broad SMARTS) is 2. The molecule has 0 saturated carbocycles. The standard InChI is InChI=1S/C17H21NO7/c1-3-25-13-7-4-11(10-14(13)24-2)5-8-15(19)18-12(17(22)23)6-9-16(20)21/h4-5,7-8,10,12H,3,6,9H2,1-2H3,(H,18,19)(H,20,21)(H,22,23)/b8-5+. The molecule has 25 heavy (non-hydrogen) atoms. The summed E-state index contributed by atoms with van der Waals surface area (Å²) >= 11 is 0. The topological polar surface area (TPSA) is 122 Å². The Balaban J connectivity index is 2.74. The van der Waals surface area contributed by atoms with Gasteiger partial charge in [0.05, 0.1) is 13.7 Å². The number of nitrogens with one attached hydrogen (secondary N) is 1. The first-order valence-electron chi connectivity index (χ1n) is 7.61. The Hall–Kier alpha value is -3.03. The predicted octanol–water partition coefficient (Wildman–Crippen LogP) is 1.54. The summed E-state index contributed by atoms with van der Waals surface area (Å²) in [6.45, 7) is 2.34. The van der Waals surface area contributed by atoms with E-state index in [1.807, 2.05) is 6.92 Å². The number of carbonyl (C=O) groups is 3. The summed E-state index contributed by atoms with van der Waals surface area (Å²) in [6.07, 6.45) is 2.12. The van der Waals surface area contributed by atoms with Crippen molar-refractivity contribution in [2.24, 2.45) is 0 Å². The van der Waals surface area contributed by atoms with Crippen LogP contribution in [0.5, 0.6) is 11.5 Å². The number of aliphatic carboxylic acids is 2. The molecule has 0 heterocycles. The molecule has 0 fully saturated rings. The van der Waals surface area contributed by atoms with Crippen LogP contribution < -0.4 is 14.8 Å². The number of rotatable bonds is 10. The van der Waals surface area contributed by atoms with Crippen molar-refractivity contribution >= 4 is 23.9 Å². The van der Waals surface area contributed by atoms with E-state index in [-0.39, 0.29) is 12.8 Å². The van der Waals surface area contributed by atoms with E-state index in [0.29, 0.717) is 23.7 Å². The molecule has 1 unspecified atom stereocenters. The van der Waals surface area contributed by atoms with Crippen molar-refractivity contribution in [1.29, 1.82) is 0 Å². The minimum atomic E-state index is -1.29. The summed E-state index contributed by atoms with van der Waals surface area (Å²) in [6, 6.07) is 3.83. The number of methoxy groups -OCH3 is 1. The predicted molar refractivity (Wildman–Crippen MR) is 89.6 cm³/mol. The maximum atomic E-state index is 11.8. The van der Waals surface area contributed by atoms with E-state index in [0.717, 1.165) is 0 Å². The lowest BCUT2D eigenvalue weighted by molar-refractivity contribution is -0.142. The van der Waals surface area contributed by atoms with Crippen LogP contribution in [0.3, 0.4) is 0 Å².